The normalized spacial score (nSPS) is 11.8. The van der Waals surface area contributed by atoms with Crippen molar-refractivity contribution in [3.63, 3.8) is 0 Å². The molecule has 1 aromatic carbocycles. The van der Waals surface area contributed by atoms with Gasteiger partial charge in [-0.25, -0.2) is 0 Å². The molecular weight excluding hydrogens is 190 g/mol. The standard InChI is InChI=1S/C12H15NO2/c1-2-15-12-5-3-4-10(7-12)6-11(8-13)9-14/h3-5,7,11,14H,2,6,9H2,1H3. The van der Waals surface area contributed by atoms with Crippen molar-refractivity contribution in [2.45, 2.75) is 13.3 Å². The van der Waals surface area contributed by atoms with Gasteiger partial charge < -0.3 is 9.84 Å². The highest BCUT2D eigenvalue weighted by Crippen LogP contribution is 2.16. The van der Waals surface area contributed by atoms with E-state index in [1.165, 1.54) is 0 Å². The average molecular weight is 205 g/mol. The minimum atomic E-state index is -0.332. The van der Waals surface area contributed by atoms with Crippen LogP contribution in [0.25, 0.3) is 0 Å². The van der Waals surface area contributed by atoms with Gasteiger partial charge in [0.2, 0.25) is 0 Å². The second-order valence-electron chi connectivity index (χ2n) is 3.29. The van der Waals surface area contributed by atoms with E-state index in [0.717, 1.165) is 11.3 Å². The second-order valence-corrected chi connectivity index (χ2v) is 3.29. The fourth-order valence-electron chi connectivity index (χ4n) is 1.36. The number of nitriles is 1. The van der Waals surface area contributed by atoms with Crippen LogP contribution in [0.15, 0.2) is 24.3 Å². The summed E-state index contributed by atoms with van der Waals surface area (Å²) in [6.07, 6.45) is 0.563. The number of benzene rings is 1. The Kier molecular flexibility index (Phi) is 4.65. The molecule has 0 fully saturated rings. The third kappa shape index (κ3) is 3.61. The Morgan fingerprint density at radius 3 is 2.93 bits per heavy atom. The van der Waals surface area contributed by atoms with Gasteiger partial charge in [0.05, 0.1) is 25.2 Å². The van der Waals surface area contributed by atoms with Crippen molar-refractivity contribution < 1.29 is 9.84 Å². The molecule has 3 nitrogen and oxygen atoms in total. The van der Waals surface area contributed by atoms with Crippen LogP contribution in [0.4, 0.5) is 0 Å². The van der Waals surface area contributed by atoms with Gasteiger partial charge in [-0.1, -0.05) is 12.1 Å². The van der Waals surface area contributed by atoms with E-state index in [4.69, 9.17) is 15.1 Å². The molecule has 1 aromatic rings. The molecule has 1 atom stereocenters. The molecule has 0 saturated carbocycles. The first-order valence-electron chi connectivity index (χ1n) is 5.02. The lowest BCUT2D eigenvalue weighted by molar-refractivity contribution is 0.255. The highest BCUT2D eigenvalue weighted by molar-refractivity contribution is 5.29. The molecule has 0 aliphatic rings. The molecule has 3 heteroatoms. The van der Waals surface area contributed by atoms with Gasteiger partial charge in [-0.05, 0) is 31.0 Å². The van der Waals surface area contributed by atoms with Crippen LogP contribution in [-0.4, -0.2) is 18.3 Å². The molecule has 0 radical (unpaired) electrons. The van der Waals surface area contributed by atoms with Crippen molar-refractivity contribution in [2.24, 2.45) is 5.92 Å². The van der Waals surface area contributed by atoms with Crippen LogP contribution >= 0.6 is 0 Å². The second kappa shape index (κ2) is 6.05. The molecule has 0 aliphatic heterocycles. The molecule has 1 N–H and O–H groups in total. The monoisotopic (exact) mass is 205 g/mol. The van der Waals surface area contributed by atoms with E-state index >= 15 is 0 Å². The zero-order valence-corrected chi connectivity index (χ0v) is 8.81. The zero-order valence-electron chi connectivity index (χ0n) is 8.81. The predicted octanol–water partition coefficient (Wildman–Crippen LogP) is 1.76. The number of ether oxygens (including phenoxy) is 1. The first-order valence-corrected chi connectivity index (χ1v) is 5.02. The summed E-state index contributed by atoms with van der Waals surface area (Å²) in [7, 11) is 0. The van der Waals surface area contributed by atoms with Gasteiger partial charge in [-0.15, -0.1) is 0 Å². The van der Waals surface area contributed by atoms with Crippen LogP contribution in [0.3, 0.4) is 0 Å². The van der Waals surface area contributed by atoms with E-state index in [1.807, 2.05) is 31.2 Å². The van der Waals surface area contributed by atoms with Crippen LogP contribution in [-0.2, 0) is 6.42 Å². The molecule has 1 rings (SSSR count). The minimum absolute atomic E-state index is 0.102. The molecule has 0 spiro atoms. The molecular formula is C12H15NO2. The zero-order chi connectivity index (χ0) is 11.1. The number of hydrogen-bond acceptors (Lipinski definition) is 3. The van der Waals surface area contributed by atoms with E-state index in [1.54, 1.807) is 0 Å². The summed E-state index contributed by atoms with van der Waals surface area (Å²) in [5.41, 5.74) is 1.02. The van der Waals surface area contributed by atoms with Gasteiger partial charge in [0.15, 0.2) is 0 Å². The van der Waals surface area contributed by atoms with Crippen LogP contribution in [0.1, 0.15) is 12.5 Å². The lowest BCUT2D eigenvalue weighted by Gasteiger charge is -2.08. The average Bonchev–Trinajstić information content (AvgIpc) is 2.27. The Hall–Kier alpha value is -1.53. The first kappa shape index (κ1) is 11.5. The van der Waals surface area contributed by atoms with Crippen molar-refractivity contribution in [1.82, 2.24) is 0 Å². The maximum absolute atomic E-state index is 8.91. The summed E-state index contributed by atoms with van der Waals surface area (Å²) in [5.74, 6) is 0.478. The first-order chi connectivity index (χ1) is 7.30. The lowest BCUT2D eigenvalue weighted by Crippen LogP contribution is -2.06. The smallest absolute Gasteiger partial charge is 0.119 e. The fourth-order valence-corrected chi connectivity index (χ4v) is 1.36. The molecule has 0 aliphatic carbocycles. The molecule has 80 valence electrons. The number of aliphatic hydroxyl groups excluding tert-OH is 1. The highest BCUT2D eigenvalue weighted by atomic mass is 16.5. The third-order valence-electron chi connectivity index (χ3n) is 2.09. The number of nitrogens with zero attached hydrogens (tertiary/aromatic N) is 1. The SMILES string of the molecule is CCOc1cccc(CC(C#N)CO)c1. The highest BCUT2D eigenvalue weighted by Gasteiger charge is 2.07. The summed E-state index contributed by atoms with van der Waals surface area (Å²) in [4.78, 5) is 0. The summed E-state index contributed by atoms with van der Waals surface area (Å²) in [5, 5.41) is 17.6. The topological polar surface area (TPSA) is 53.2 Å². The summed E-state index contributed by atoms with van der Waals surface area (Å²) >= 11 is 0. The third-order valence-corrected chi connectivity index (χ3v) is 2.09. The van der Waals surface area contributed by atoms with Gasteiger partial charge in [0.25, 0.3) is 0 Å². The van der Waals surface area contributed by atoms with Gasteiger partial charge in [0.1, 0.15) is 5.75 Å². The van der Waals surface area contributed by atoms with Gasteiger partial charge in [-0.2, -0.15) is 5.26 Å². The number of rotatable bonds is 5. The summed E-state index contributed by atoms with van der Waals surface area (Å²) < 4.78 is 5.35. The Balaban J connectivity index is 2.69. The maximum Gasteiger partial charge on any atom is 0.119 e. The quantitative estimate of drug-likeness (QED) is 0.796. The molecule has 15 heavy (non-hydrogen) atoms. The molecule has 0 aromatic heterocycles. The summed E-state index contributed by atoms with van der Waals surface area (Å²) in [6.45, 7) is 2.46. The van der Waals surface area contributed by atoms with Crippen LogP contribution in [0, 0.1) is 17.2 Å². The van der Waals surface area contributed by atoms with E-state index in [2.05, 4.69) is 6.07 Å². The maximum atomic E-state index is 8.91. The minimum Gasteiger partial charge on any atom is -0.494 e. The Morgan fingerprint density at radius 1 is 1.53 bits per heavy atom. The van der Waals surface area contributed by atoms with Crippen molar-refractivity contribution in [1.29, 1.82) is 5.26 Å². The van der Waals surface area contributed by atoms with Crippen LogP contribution in [0.2, 0.25) is 0 Å². The van der Waals surface area contributed by atoms with Crippen molar-refractivity contribution in [3.8, 4) is 11.8 Å². The molecule has 0 amide bonds. The summed E-state index contributed by atoms with van der Waals surface area (Å²) in [6, 6.07) is 9.68. The predicted molar refractivity (Wildman–Crippen MR) is 57.5 cm³/mol. The van der Waals surface area contributed by atoms with Crippen molar-refractivity contribution in [2.75, 3.05) is 13.2 Å². The van der Waals surface area contributed by atoms with Gasteiger partial charge in [0, 0.05) is 0 Å². The number of aliphatic hydroxyl groups is 1. The molecule has 0 saturated heterocycles. The molecule has 1 unspecified atom stereocenters. The van der Waals surface area contributed by atoms with Crippen molar-refractivity contribution >= 4 is 0 Å². The van der Waals surface area contributed by atoms with Gasteiger partial charge >= 0.3 is 0 Å². The van der Waals surface area contributed by atoms with E-state index in [9.17, 15) is 0 Å². The van der Waals surface area contributed by atoms with Crippen LogP contribution in [0.5, 0.6) is 5.75 Å². The van der Waals surface area contributed by atoms with E-state index in [0.29, 0.717) is 13.0 Å². The van der Waals surface area contributed by atoms with Crippen molar-refractivity contribution in [3.05, 3.63) is 29.8 Å². The Morgan fingerprint density at radius 2 is 2.33 bits per heavy atom. The largest absolute Gasteiger partial charge is 0.494 e. The molecule has 0 heterocycles. The lowest BCUT2D eigenvalue weighted by atomic mass is 10.0. The van der Waals surface area contributed by atoms with E-state index < -0.39 is 0 Å². The number of hydrogen-bond donors (Lipinski definition) is 1. The Bertz CT molecular complexity index is 344. The Labute approximate surface area is 89.9 Å². The van der Waals surface area contributed by atoms with Crippen LogP contribution < -0.4 is 4.74 Å². The molecule has 0 bridgehead atoms. The van der Waals surface area contributed by atoms with E-state index in [-0.39, 0.29) is 12.5 Å². The van der Waals surface area contributed by atoms with Gasteiger partial charge in [-0.3, -0.25) is 0 Å². The fraction of sp³-hybridized carbons (Fsp3) is 0.417.